The zero-order valence-corrected chi connectivity index (χ0v) is 22.4. The van der Waals surface area contributed by atoms with Crippen molar-refractivity contribution >= 4 is 0 Å². The molecular weight excluding hydrogens is 463 g/mol. The lowest BCUT2D eigenvalue weighted by atomic mass is 9.66. The Balaban J connectivity index is 1.28. The average Bonchev–Trinajstić information content (AvgIpc) is 3.42. The molecule has 0 N–H and O–H groups in total. The molecule has 1 aromatic heterocycles. The smallest absolute Gasteiger partial charge is 0.205 e. The normalized spacial score (nSPS) is 23.0. The van der Waals surface area contributed by atoms with Gasteiger partial charge in [0, 0.05) is 12.5 Å². The van der Waals surface area contributed by atoms with E-state index in [1.165, 1.54) is 49.8 Å². The molecule has 2 fully saturated rings. The second kappa shape index (κ2) is 11.8. The molecule has 0 amide bonds. The topological polar surface area (TPSA) is 38.5 Å². The fourth-order valence-electron chi connectivity index (χ4n) is 6.60. The summed E-state index contributed by atoms with van der Waals surface area (Å²) in [6, 6.07) is 17.2. The van der Waals surface area contributed by atoms with Gasteiger partial charge in [0.2, 0.25) is 5.89 Å². The van der Waals surface area contributed by atoms with Crippen LogP contribution in [-0.2, 0) is 12.0 Å². The number of nitrogens with zero attached hydrogens (tertiary/aromatic N) is 2. The van der Waals surface area contributed by atoms with E-state index in [-0.39, 0.29) is 11.2 Å². The van der Waals surface area contributed by atoms with E-state index in [1.807, 2.05) is 6.20 Å². The van der Waals surface area contributed by atoms with Gasteiger partial charge < -0.3 is 9.15 Å². The Morgan fingerprint density at radius 2 is 1.76 bits per heavy atom. The van der Waals surface area contributed by atoms with Gasteiger partial charge in [-0.2, -0.15) is 0 Å². The average molecular weight is 505 g/mol. The van der Waals surface area contributed by atoms with Crippen LogP contribution in [0.25, 0.3) is 0 Å². The Labute approximate surface area is 221 Å². The minimum absolute atomic E-state index is 0.208. The van der Waals surface area contributed by atoms with E-state index in [2.05, 4.69) is 49.1 Å². The predicted molar refractivity (Wildman–Crippen MR) is 145 cm³/mol. The summed E-state index contributed by atoms with van der Waals surface area (Å²) in [5.41, 5.74) is 1.10. The molecule has 1 saturated carbocycles. The van der Waals surface area contributed by atoms with E-state index >= 15 is 0 Å². The molecular formula is C32H41FN2O2. The highest BCUT2D eigenvalue weighted by Gasteiger charge is 2.42. The third-order valence-electron chi connectivity index (χ3n) is 8.95. The zero-order valence-electron chi connectivity index (χ0n) is 22.4. The van der Waals surface area contributed by atoms with E-state index in [9.17, 15) is 4.39 Å². The van der Waals surface area contributed by atoms with Crippen molar-refractivity contribution in [2.24, 2.45) is 17.8 Å². The molecule has 1 saturated heterocycles. The quantitative estimate of drug-likeness (QED) is 0.300. The van der Waals surface area contributed by atoms with Gasteiger partial charge in [-0.05, 0) is 74.4 Å². The van der Waals surface area contributed by atoms with Crippen molar-refractivity contribution in [1.29, 1.82) is 0 Å². The highest BCUT2D eigenvalue weighted by molar-refractivity contribution is 5.32. The van der Waals surface area contributed by atoms with Gasteiger partial charge >= 0.3 is 0 Å². The fourth-order valence-corrected chi connectivity index (χ4v) is 6.60. The summed E-state index contributed by atoms with van der Waals surface area (Å²) in [5, 5.41) is 0. The maximum absolute atomic E-state index is 13.3. The van der Waals surface area contributed by atoms with Gasteiger partial charge in [0.15, 0.2) is 0 Å². The predicted octanol–water partition coefficient (Wildman–Crippen LogP) is 7.63. The van der Waals surface area contributed by atoms with Crippen LogP contribution in [-0.4, -0.2) is 29.6 Å². The van der Waals surface area contributed by atoms with Crippen molar-refractivity contribution in [1.82, 2.24) is 9.88 Å². The molecule has 0 bridgehead atoms. The van der Waals surface area contributed by atoms with Gasteiger partial charge in [-0.1, -0.05) is 62.9 Å². The van der Waals surface area contributed by atoms with Crippen LogP contribution < -0.4 is 4.74 Å². The molecule has 2 heterocycles. The number of hydrogen-bond donors (Lipinski definition) is 0. The molecule has 3 unspecified atom stereocenters. The first-order valence-electron chi connectivity index (χ1n) is 14.2. The van der Waals surface area contributed by atoms with Crippen LogP contribution in [0.1, 0.15) is 76.0 Å². The van der Waals surface area contributed by atoms with Crippen LogP contribution in [0.3, 0.4) is 0 Å². The highest BCUT2D eigenvalue weighted by atomic mass is 19.1. The molecule has 2 aromatic carbocycles. The summed E-state index contributed by atoms with van der Waals surface area (Å²) in [4.78, 5) is 7.37. The third kappa shape index (κ3) is 5.93. The molecule has 3 atom stereocenters. The molecule has 198 valence electrons. The van der Waals surface area contributed by atoms with Crippen LogP contribution in [0.5, 0.6) is 5.75 Å². The molecule has 5 rings (SSSR count). The molecule has 5 heteroatoms. The maximum atomic E-state index is 13.3. The van der Waals surface area contributed by atoms with E-state index in [1.54, 1.807) is 12.1 Å². The highest BCUT2D eigenvalue weighted by Crippen LogP contribution is 2.45. The van der Waals surface area contributed by atoms with Crippen molar-refractivity contribution in [2.45, 2.75) is 70.8 Å². The van der Waals surface area contributed by atoms with E-state index in [0.717, 1.165) is 49.9 Å². The molecule has 37 heavy (non-hydrogen) atoms. The van der Waals surface area contributed by atoms with E-state index < -0.39 is 0 Å². The lowest BCUT2D eigenvalue weighted by molar-refractivity contribution is 0.0694. The Bertz CT molecular complexity index is 1110. The lowest BCUT2D eigenvalue weighted by Crippen LogP contribution is -2.42. The minimum atomic E-state index is -0.235. The van der Waals surface area contributed by atoms with Crippen LogP contribution in [0, 0.1) is 23.6 Å². The number of hydrogen-bond acceptors (Lipinski definition) is 4. The second-order valence-electron chi connectivity index (χ2n) is 11.3. The molecule has 1 aliphatic heterocycles. The number of halogens is 1. The second-order valence-corrected chi connectivity index (χ2v) is 11.3. The lowest BCUT2D eigenvalue weighted by Gasteiger charge is -2.38. The van der Waals surface area contributed by atoms with Gasteiger partial charge in [-0.15, -0.1) is 0 Å². The van der Waals surface area contributed by atoms with Gasteiger partial charge in [0.25, 0.3) is 0 Å². The first kappa shape index (κ1) is 26.0. The molecule has 1 aliphatic carbocycles. The molecule has 0 radical (unpaired) electrons. The van der Waals surface area contributed by atoms with Crippen LogP contribution >= 0.6 is 0 Å². The number of piperidine rings is 1. The minimum Gasteiger partial charge on any atom is -0.493 e. The van der Waals surface area contributed by atoms with E-state index in [4.69, 9.17) is 14.1 Å². The maximum Gasteiger partial charge on any atom is 0.205 e. The summed E-state index contributed by atoms with van der Waals surface area (Å²) in [6.07, 6.45) is 10.6. The summed E-state index contributed by atoms with van der Waals surface area (Å²) in [7, 11) is 0. The van der Waals surface area contributed by atoms with Gasteiger partial charge in [0.1, 0.15) is 17.3 Å². The van der Waals surface area contributed by atoms with Gasteiger partial charge in [-0.25, -0.2) is 9.37 Å². The third-order valence-corrected chi connectivity index (χ3v) is 8.95. The molecule has 0 spiro atoms. The number of benzene rings is 2. The summed E-state index contributed by atoms with van der Waals surface area (Å²) in [6.45, 7) is 8.05. The van der Waals surface area contributed by atoms with Gasteiger partial charge in [-0.3, -0.25) is 4.90 Å². The monoisotopic (exact) mass is 504 g/mol. The number of oxazole rings is 1. The molecule has 4 nitrogen and oxygen atoms in total. The van der Waals surface area contributed by atoms with E-state index in [0.29, 0.717) is 24.4 Å². The van der Waals surface area contributed by atoms with Crippen LogP contribution in [0.4, 0.5) is 4.39 Å². The fraction of sp³-hybridized carbons (Fsp3) is 0.531. The molecule has 2 aliphatic rings. The summed E-state index contributed by atoms with van der Waals surface area (Å²) >= 11 is 0. The summed E-state index contributed by atoms with van der Waals surface area (Å²) in [5.74, 6) is 3.92. The first-order chi connectivity index (χ1) is 18.1. The SMILES string of the molecule is CCC1CCN(Cc2cnc(C(C)(c3ccccc3)C3CCCCC3)o2)CC1COc1ccc(F)cc1. The van der Waals surface area contributed by atoms with Crippen molar-refractivity contribution < 1.29 is 13.5 Å². The summed E-state index contributed by atoms with van der Waals surface area (Å²) < 4.78 is 25.9. The Morgan fingerprint density at radius 1 is 1.00 bits per heavy atom. The Kier molecular flexibility index (Phi) is 8.29. The van der Waals surface area contributed by atoms with Gasteiger partial charge in [0.05, 0.1) is 24.8 Å². The van der Waals surface area contributed by atoms with Crippen LogP contribution in [0.15, 0.2) is 65.2 Å². The Hall–Kier alpha value is -2.66. The number of likely N-dealkylation sites (tertiary alicyclic amines) is 1. The number of rotatable bonds is 9. The van der Waals surface area contributed by atoms with Crippen molar-refractivity contribution in [2.75, 3.05) is 19.7 Å². The number of ether oxygens (including phenoxy) is 1. The zero-order chi connectivity index (χ0) is 25.7. The first-order valence-corrected chi connectivity index (χ1v) is 14.2. The number of aromatic nitrogens is 1. The van der Waals surface area contributed by atoms with Crippen molar-refractivity contribution in [3.05, 3.63) is 83.8 Å². The van der Waals surface area contributed by atoms with Crippen molar-refractivity contribution in [3.63, 3.8) is 0 Å². The standard InChI is InChI=1S/C32H41FN2O2/c1-3-24-18-19-35(21-25(24)23-36-29-16-14-28(33)15-17-29)22-30-20-34-31(37-30)32(2,26-10-6-4-7-11-26)27-12-8-5-9-13-27/h4,6-7,10-11,14-17,20,24-25,27H,3,5,8-9,12-13,18-19,21-23H2,1-2H3. The van der Waals surface area contributed by atoms with Crippen LogP contribution in [0.2, 0.25) is 0 Å². The largest absolute Gasteiger partial charge is 0.493 e. The van der Waals surface area contributed by atoms with Crippen molar-refractivity contribution in [3.8, 4) is 5.75 Å². The molecule has 3 aromatic rings. The Morgan fingerprint density at radius 3 is 2.49 bits per heavy atom.